The zero-order valence-corrected chi connectivity index (χ0v) is 9.53. The van der Waals surface area contributed by atoms with Crippen LogP contribution in [0.1, 0.15) is 27.7 Å². The third-order valence-electron chi connectivity index (χ3n) is 0.236. The maximum Gasteiger partial charge on any atom is 0.300 e. The number of carbonyl (C=O) groups excluding carboxylic acids is 2. The van der Waals surface area contributed by atoms with Gasteiger partial charge in [-0.15, -0.1) is 5.92 Å². The van der Waals surface area contributed by atoms with E-state index in [0.717, 1.165) is 6.92 Å². The van der Waals surface area contributed by atoms with Crippen LogP contribution in [0, 0.1) is 5.92 Å². The molecule has 0 rings (SSSR count). The number of carboxylic acid groups (broad SMARTS) is 1. The minimum Gasteiger partial charge on any atom is -0.542 e. The summed E-state index contributed by atoms with van der Waals surface area (Å²) in [5, 5.41) is 7.42. The zero-order chi connectivity index (χ0) is 10.6. The molecular weight excluding hydrogens is 268 g/mol. The number of aliphatic carboxylic acids is 1. The summed E-state index contributed by atoms with van der Waals surface area (Å²) in [7, 11) is 0. The van der Waals surface area contributed by atoms with E-state index in [9.17, 15) is 4.79 Å². The molecule has 0 fully saturated rings. The first kappa shape index (κ1) is 22.9. The van der Waals surface area contributed by atoms with Crippen molar-refractivity contribution in [2.75, 3.05) is 0 Å². The van der Waals surface area contributed by atoms with Crippen LogP contribution in [-0.2, 0) is 36.8 Å². The summed E-state index contributed by atoms with van der Waals surface area (Å²) in [6, 6.07) is 0. The van der Waals surface area contributed by atoms with Crippen molar-refractivity contribution in [3.05, 3.63) is 0 Å². The van der Waals surface area contributed by atoms with Crippen molar-refractivity contribution < 1.29 is 41.9 Å². The molecule has 0 aromatic carbocycles. The molecule has 1 N–H and O–H groups in total. The topological polar surface area (TPSA) is 71.4 Å². The van der Waals surface area contributed by atoms with Crippen LogP contribution in [0.4, 0.5) is 0 Å². The average Bonchev–Trinajstić information content (AvgIpc) is 1.88. The summed E-state index contributed by atoms with van der Waals surface area (Å²) < 4.78 is 0. The Morgan fingerprint density at radius 3 is 1.38 bits per heavy atom. The summed E-state index contributed by atoms with van der Waals surface area (Å²) in [5.74, 6) is -0.755. The largest absolute Gasteiger partial charge is 0.542 e. The van der Waals surface area contributed by atoms with Crippen molar-refractivity contribution in [3.8, 4) is 0 Å². The van der Waals surface area contributed by atoms with Gasteiger partial charge in [0.25, 0.3) is 5.97 Å². The van der Waals surface area contributed by atoms with Crippen LogP contribution in [0.2, 0.25) is 0 Å². The molecule has 13 heavy (non-hydrogen) atoms. The number of hydrogen-bond acceptors (Lipinski definition) is 3. The summed E-state index contributed by atoms with van der Waals surface area (Å²) in [4.78, 5) is 27.1. The van der Waals surface area contributed by atoms with Crippen molar-refractivity contribution in [1.29, 1.82) is 0 Å². The Labute approximate surface area is 94.2 Å². The fourth-order valence-electron chi connectivity index (χ4n) is 0. The summed E-state index contributed by atoms with van der Waals surface area (Å²) >= 11 is 0. The van der Waals surface area contributed by atoms with Crippen molar-refractivity contribution in [2.45, 2.75) is 27.7 Å². The molecule has 5 heteroatoms. The third kappa shape index (κ3) is 438. The molecule has 0 saturated heterocycles. The molecular formula is C8H14AgO4-2. The van der Waals surface area contributed by atoms with Crippen LogP contribution in [0.25, 0.3) is 0 Å². The number of carbonyl (C=O) groups is 1. The summed E-state index contributed by atoms with van der Waals surface area (Å²) in [6.07, 6.45) is 3.28. The molecule has 0 aromatic heterocycles. The predicted molar refractivity (Wildman–Crippen MR) is 45.2 cm³/mol. The van der Waals surface area contributed by atoms with Crippen LogP contribution in [-0.4, -0.2) is 23.6 Å². The van der Waals surface area contributed by atoms with Crippen LogP contribution in [0.5, 0.6) is 0 Å². The summed E-state index contributed by atoms with van der Waals surface area (Å²) in [6.45, 7) is 6.00. The van der Waals surface area contributed by atoms with E-state index in [-0.39, 0.29) is 28.3 Å². The molecule has 1 radical (unpaired) electrons. The van der Waals surface area contributed by atoms with Crippen LogP contribution in [0.3, 0.4) is 0 Å². The van der Waals surface area contributed by atoms with Gasteiger partial charge in [0.2, 0.25) is 0 Å². The van der Waals surface area contributed by atoms with E-state index in [1.54, 1.807) is 20.1 Å². The Hall–Kier alpha value is -0.450. The smallest absolute Gasteiger partial charge is 0.300 e. The Morgan fingerprint density at radius 1 is 1.31 bits per heavy atom. The van der Waals surface area contributed by atoms with Gasteiger partial charge in [-0.25, -0.2) is 0 Å². The van der Waals surface area contributed by atoms with Gasteiger partial charge >= 0.3 is 0 Å². The van der Waals surface area contributed by atoms with Crippen molar-refractivity contribution in [2.24, 2.45) is 5.92 Å². The molecule has 0 bridgehead atoms. The van der Waals surface area contributed by atoms with Gasteiger partial charge in [-0.2, -0.15) is 6.92 Å². The Kier molecular flexibility index (Phi) is 39.7. The van der Waals surface area contributed by atoms with Crippen molar-refractivity contribution >= 4 is 18.5 Å². The van der Waals surface area contributed by atoms with Gasteiger partial charge in [0.1, 0.15) is 0 Å². The molecule has 0 aliphatic heterocycles. The molecule has 0 saturated carbocycles. The molecule has 0 spiro atoms. The summed E-state index contributed by atoms with van der Waals surface area (Å²) in [5.41, 5.74) is 0. The van der Waals surface area contributed by atoms with Gasteiger partial charge in [-0.05, 0) is 0 Å². The molecule has 83 valence electrons. The van der Waals surface area contributed by atoms with E-state index in [0.29, 0.717) is 0 Å². The van der Waals surface area contributed by atoms with E-state index in [4.69, 9.17) is 14.7 Å². The minimum atomic E-state index is -0.833. The fraction of sp³-hybridized carbons (Fsp3) is 0.625. The van der Waals surface area contributed by atoms with E-state index < -0.39 is 5.97 Å². The maximum atomic E-state index is 9.38. The van der Waals surface area contributed by atoms with E-state index in [1.165, 1.54) is 13.2 Å². The van der Waals surface area contributed by atoms with Crippen molar-refractivity contribution in [3.63, 3.8) is 0 Å². The number of carboxylic acids is 1. The van der Waals surface area contributed by atoms with Crippen LogP contribution in [0.15, 0.2) is 0 Å². The molecule has 0 aliphatic rings. The van der Waals surface area contributed by atoms with Gasteiger partial charge in [-0.3, -0.25) is 17.4 Å². The monoisotopic (exact) mass is 281 g/mol. The van der Waals surface area contributed by atoms with Crippen LogP contribution >= 0.6 is 0 Å². The standard InChI is InChI=1S/C4H7O.C2H4O2.C2H3O.Ag/c1-4(2)3-5;1-2(3)4;1-2-3;/h4H,1-2H3;1H3,(H,3,4);1H3;/q-1;;-1;. The average molecular weight is 282 g/mol. The Bertz CT molecular complexity index is 119. The SMILES string of the molecule is CC(=O)O.CC(C)[C-]=O.C[C-]=O.[Ag]. The maximum absolute atomic E-state index is 9.38. The second kappa shape index (κ2) is 22.6. The van der Waals surface area contributed by atoms with E-state index >= 15 is 0 Å². The quantitative estimate of drug-likeness (QED) is 0.574. The van der Waals surface area contributed by atoms with Gasteiger partial charge in [-0.1, -0.05) is 13.8 Å². The Morgan fingerprint density at radius 2 is 1.38 bits per heavy atom. The normalized spacial score (nSPS) is 6.23. The van der Waals surface area contributed by atoms with E-state index in [1.807, 2.05) is 0 Å². The molecule has 0 aliphatic carbocycles. The first-order valence-electron chi connectivity index (χ1n) is 3.28. The second-order valence-corrected chi connectivity index (χ2v) is 2.00. The molecule has 0 unspecified atom stereocenters. The number of hydrogen-bond donors (Lipinski definition) is 1. The molecule has 0 atom stereocenters. The van der Waals surface area contributed by atoms with Crippen molar-refractivity contribution in [1.82, 2.24) is 0 Å². The zero-order valence-electron chi connectivity index (χ0n) is 8.05. The van der Waals surface area contributed by atoms with Crippen LogP contribution < -0.4 is 0 Å². The predicted octanol–water partition coefficient (Wildman–Crippen LogP) is 0.956. The van der Waals surface area contributed by atoms with Gasteiger partial charge < -0.3 is 14.7 Å². The molecule has 0 amide bonds. The second-order valence-electron chi connectivity index (χ2n) is 2.00. The Balaban J connectivity index is -0.0000000465. The van der Waals surface area contributed by atoms with Gasteiger partial charge in [0.05, 0.1) is 0 Å². The molecule has 0 heterocycles. The minimum absolute atomic E-state index is 0. The van der Waals surface area contributed by atoms with Gasteiger partial charge in [0, 0.05) is 29.3 Å². The first-order valence-corrected chi connectivity index (χ1v) is 3.28. The van der Waals surface area contributed by atoms with Gasteiger partial charge in [0.15, 0.2) is 0 Å². The third-order valence-corrected chi connectivity index (χ3v) is 0.236. The molecule has 0 aromatic rings. The fourth-order valence-corrected chi connectivity index (χ4v) is 0. The first-order chi connectivity index (χ1) is 5.42. The van der Waals surface area contributed by atoms with E-state index in [2.05, 4.69) is 0 Å². The number of rotatable bonds is 1. The molecule has 4 nitrogen and oxygen atoms in total.